The fourth-order valence-corrected chi connectivity index (χ4v) is 1.66. The van der Waals surface area contributed by atoms with Crippen LogP contribution in [0.25, 0.3) is 0 Å². The van der Waals surface area contributed by atoms with Gasteiger partial charge in [0, 0.05) is 12.1 Å². The smallest absolute Gasteiger partial charge is 0.277 e. The molecule has 0 fully saturated rings. The summed E-state index contributed by atoms with van der Waals surface area (Å²) in [5, 5.41) is -2.17. The zero-order valence-electron chi connectivity index (χ0n) is 8.42. The quantitative estimate of drug-likeness (QED) is 0.637. The van der Waals surface area contributed by atoms with Gasteiger partial charge in [-0.05, 0) is 0 Å². The summed E-state index contributed by atoms with van der Waals surface area (Å²) in [5.41, 5.74) is -4.59. The molecule has 0 amide bonds. The molecule has 12 heteroatoms. The van der Waals surface area contributed by atoms with E-state index in [9.17, 15) is 39.2 Å². The maximum Gasteiger partial charge on any atom is 0.481 e. The van der Waals surface area contributed by atoms with Crippen LogP contribution < -0.4 is 4.79 Å². The molecule has 0 atom stereocenters. The summed E-state index contributed by atoms with van der Waals surface area (Å²) in [4.78, 5) is -1.58. The normalized spacial score (nSPS) is 13.7. The zero-order valence-corrected chi connectivity index (χ0v) is 9.24. The SMILES string of the molecule is O=S(=O)(O)c1cc(C(F)(F)F)cc(C(F)(F)F)[n+]1F. The van der Waals surface area contributed by atoms with Crippen LogP contribution in [0.4, 0.5) is 30.8 Å². The average Bonchev–Trinajstić information content (AvgIpc) is 2.11. The zero-order chi connectivity index (χ0) is 15.2. The summed E-state index contributed by atoms with van der Waals surface area (Å²) in [7, 11) is -5.61. The fraction of sp³-hybridized carbons (Fsp3) is 0.286. The van der Waals surface area contributed by atoms with Gasteiger partial charge in [-0.3, -0.25) is 4.55 Å². The highest BCUT2D eigenvalue weighted by Crippen LogP contribution is 2.34. The molecule has 0 aliphatic rings. The minimum atomic E-state index is -5.61. The topological polar surface area (TPSA) is 58.3 Å². The molecule has 1 heterocycles. The van der Waals surface area contributed by atoms with Crippen LogP contribution in [0.5, 0.6) is 0 Å². The fourth-order valence-electron chi connectivity index (χ4n) is 1.09. The summed E-state index contributed by atoms with van der Waals surface area (Å²) < 4.78 is 116. The third kappa shape index (κ3) is 3.32. The van der Waals surface area contributed by atoms with Gasteiger partial charge in [-0.15, -0.1) is 0 Å². The summed E-state index contributed by atoms with van der Waals surface area (Å²) >= 11 is 0. The highest BCUT2D eigenvalue weighted by molar-refractivity contribution is 7.85. The second-order valence-electron chi connectivity index (χ2n) is 3.22. The van der Waals surface area contributed by atoms with Crippen molar-refractivity contribution in [1.29, 1.82) is 0 Å². The Bertz CT molecular complexity index is 604. The first-order chi connectivity index (χ1) is 8.24. The number of aromatic nitrogens is 1. The Morgan fingerprint density at radius 2 is 1.47 bits per heavy atom. The lowest BCUT2D eigenvalue weighted by atomic mass is 10.2. The van der Waals surface area contributed by atoms with Crippen LogP contribution in [0.15, 0.2) is 17.2 Å². The standard InChI is InChI=1S/C7H2F7NO3S/c8-6(9,10)3-1-4(7(11,12)13)15(14)5(2-3)19(16,17)18/h1-2H/p+1. The molecule has 0 aliphatic heterocycles. The molecule has 0 saturated heterocycles. The van der Waals surface area contributed by atoms with Crippen LogP contribution in [0.1, 0.15) is 11.3 Å². The lowest BCUT2D eigenvalue weighted by Gasteiger charge is -2.08. The van der Waals surface area contributed by atoms with Crippen LogP contribution in [0.3, 0.4) is 0 Å². The van der Waals surface area contributed by atoms with E-state index in [-0.39, 0.29) is 0 Å². The Balaban J connectivity index is 3.78. The highest BCUT2D eigenvalue weighted by atomic mass is 32.2. The minimum Gasteiger partial charge on any atom is -0.277 e. The van der Waals surface area contributed by atoms with Crippen molar-refractivity contribution in [2.45, 2.75) is 17.4 Å². The molecule has 1 aromatic rings. The molecule has 19 heavy (non-hydrogen) atoms. The van der Waals surface area contributed by atoms with Gasteiger partial charge in [0.1, 0.15) is 0 Å². The molecule has 108 valence electrons. The summed E-state index contributed by atoms with van der Waals surface area (Å²) in [6, 6.07) is -1.07. The second kappa shape index (κ2) is 4.30. The first-order valence-electron chi connectivity index (χ1n) is 4.12. The van der Waals surface area contributed by atoms with Crippen molar-refractivity contribution in [1.82, 2.24) is 0 Å². The maximum atomic E-state index is 13.1. The molecular formula is C7H3F7NO3S+. The molecule has 1 aromatic heterocycles. The van der Waals surface area contributed by atoms with Gasteiger partial charge in [0.25, 0.3) is 0 Å². The van der Waals surface area contributed by atoms with Gasteiger partial charge in [0.05, 0.1) is 14.8 Å². The number of rotatable bonds is 1. The van der Waals surface area contributed by atoms with Crippen molar-refractivity contribution in [2.75, 3.05) is 0 Å². The molecule has 0 radical (unpaired) electrons. The minimum absolute atomic E-state index is 0.454. The van der Waals surface area contributed by atoms with Gasteiger partial charge >= 0.3 is 33.2 Å². The van der Waals surface area contributed by atoms with E-state index in [1.54, 1.807) is 0 Å². The van der Waals surface area contributed by atoms with Crippen molar-refractivity contribution < 1.29 is 48.6 Å². The molecule has 0 saturated carbocycles. The van der Waals surface area contributed by atoms with Gasteiger partial charge in [-0.1, -0.05) is 0 Å². The van der Waals surface area contributed by atoms with Crippen LogP contribution in [0.2, 0.25) is 0 Å². The molecule has 4 nitrogen and oxygen atoms in total. The maximum absolute atomic E-state index is 13.1. The predicted molar refractivity (Wildman–Crippen MR) is 43.0 cm³/mol. The molecular weight excluding hydrogens is 311 g/mol. The summed E-state index contributed by atoms with van der Waals surface area (Å²) in [6.45, 7) is 0. The number of hydrogen-bond donors (Lipinski definition) is 1. The summed E-state index contributed by atoms with van der Waals surface area (Å²) in [5.74, 6) is 0. The third-order valence-electron chi connectivity index (χ3n) is 1.86. The van der Waals surface area contributed by atoms with E-state index in [4.69, 9.17) is 4.55 Å². The molecule has 0 unspecified atom stereocenters. The first-order valence-corrected chi connectivity index (χ1v) is 5.56. The molecule has 1 N–H and O–H groups in total. The van der Waals surface area contributed by atoms with Crippen molar-refractivity contribution in [3.05, 3.63) is 23.4 Å². The average molecular weight is 314 g/mol. The summed E-state index contributed by atoms with van der Waals surface area (Å²) in [6.07, 6.45) is -10.9. The van der Waals surface area contributed by atoms with Crippen LogP contribution in [-0.4, -0.2) is 13.0 Å². The van der Waals surface area contributed by atoms with Crippen LogP contribution in [0, 0.1) is 0 Å². The van der Waals surface area contributed by atoms with Gasteiger partial charge in [-0.2, -0.15) is 34.8 Å². The Kier molecular flexibility index (Phi) is 3.54. The van der Waals surface area contributed by atoms with Crippen molar-refractivity contribution in [3.8, 4) is 0 Å². The van der Waals surface area contributed by atoms with E-state index in [1.165, 1.54) is 0 Å². The number of nitrogens with zero attached hydrogens (tertiary/aromatic N) is 1. The van der Waals surface area contributed by atoms with Gasteiger partial charge in [0.15, 0.2) is 0 Å². The number of halogens is 7. The Morgan fingerprint density at radius 3 is 1.79 bits per heavy atom. The van der Waals surface area contributed by atoms with E-state index < -0.39 is 55.7 Å². The number of alkyl halides is 6. The molecule has 0 bridgehead atoms. The Labute approximate surface area is 100 Å². The number of pyridine rings is 1. The lowest BCUT2D eigenvalue weighted by molar-refractivity contribution is -0.886. The van der Waals surface area contributed by atoms with E-state index >= 15 is 0 Å². The van der Waals surface area contributed by atoms with Gasteiger partial charge in [0.2, 0.25) is 0 Å². The molecule has 0 spiro atoms. The Hall–Kier alpha value is -1.43. The second-order valence-corrected chi connectivity index (χ2v) is 4.59. The number of hydrogen-bond acceptors (Lipinski definition) is 2. The van der Waals surface area contributed by atoms with Crippen molar-refractivity contribution >= 4 is 10.1 Å². The molecule has 0 aliphatic carbocycles. The molecule has 1 rings (SSSR count). The largest absolute Gasteiger partial charge is 0.481 e. The Morgan fingerprint density at radius 1 is 1.00 bits per heavy atom. The first kappa shape index (κ1) is 15.6. The van der Waals surface area contributed by atoms with Crippen molar-refractivity contribution in [3.63, 3.8) is 0 Å². The molecule has 0 aromatic carbocycles. The van der Waals surface area contributed by atoms with E-state index in [1.807, 2.05) is 0 Å². The third-order valence-corrected chi connectivity index (χ3v) is 2.66. The van der Waals surface area contributed by atoms with Gasteiger partial charge < -0.3 is 0 Å². The monoisotopic (exact) mass is 314 g/mol. The van der Waals surface area contributed by atoms with E-state index in [0.29, 0.717) is 0 Å². The van der Waals surface area contributed by atoms with E-state index in [0.717, 1.165) is 0 Å². The predicted octanol–water partition coefficient (Wildman–Crippen LogP) is 1.99. The highest BCUT2D eigenvalue weighted by Gasteiger charge is 2.49. The van der Waals surface area contributed by atoms with Crippen LogP contribution >= 0.6 is 0 Å². The van der Waals surface area contributed by atoms with Crippen molar-refractivity contribution in [2.24, 2.45) is 0 Å². The van der Waals surface area contributed by atoms with Crippen LogP contribution in [-0.2, 0) is 22.5 Å². The van der Waals surface area contributed by atoms with Gasteiger partial charge in [-0.25, -0.2) is 0 Å². The lowest BCUT2D eigenvalue weighted by Crippen LogP contribution is -2.40. The van der Waals surface area contributed by atoms with E-state index in [2.05, 4.69) is 0 Å².